The molecule has 5 nitrogen and oxygen atoms in total. The maximum atomic E-state index is 12.5. The lowest BCUT2D eigenvalue weighted by Gasteiger charge is -2.29. The fourth-order valence-electron chi connectivity index (χ4n) is 2.72. The molecule has 2 heterocycles. The number of hydrogen-bond acceptors (Lipinski definition) is 3. The van der Waals surface area contributed by atoms with Crippen LogP contribution in [0.25, 0.3) is 0 Å². The number of rotatable bonds is 3. The average molecular weight is 321 g/mol. The summed E-state index contributed by atoms with van der Waals surface area (Å²) in [5.74, 6) is 1.35. The minimum Gasteiger partial charge on any atom is -0.493 e. The van der Waals surface area contributed by atoms with Gasteiger partial charge in [-0.3, -0.25) is 4.79 Å². The van der Waals surface area contributed by atoms with Crippen molar-refractivity contribution in [2.75, 3.05) is 20.8 Å². The highest BCUT2D eigenvalue weighted by Crippen LogP contribution is 2.33. The van der Waals surface area contributed by atoms with Gasteiger partial charge >= 0.3 is 0 Å². The van der Waals surface area contributed by atoms with Crippen LogP contribution in [-0.4, -0.2) is 36.6 Å². The molecule has 1 aromatic heterocycles. The minimum atomic E-state index is -0.0488. The molecule has 0 aliphatic carbocycles. The smallest absolute Gasteiger partial charge is 0.270 e. The van der Waals surface area contributed by atoms with E-state index in [0.717, 1.165) is 17.7 Å². The summed E-state index contributed by atoms with van der Waals surface area (Å²) in [7, 11) is 3.23. The monoisotopic (exact) mass is 320 g/mol. The van der Waals surface area contributed by atoms with Gasteiger partial charge < -0.3 is 19.4 Å². The lowest BCUT2D eigenvalue weighted by atomic mass is 9.98. The number of halogens is 1. The van der Waals surface area contributed by atoms with Gasteiger partial charge in [-0.05, 0) is 35.7 Å². The van der Waals surface area contributed by atoms with E-state index in [1.807, 2.05) is 12.1 Å². The van der Waals surface area contributed by atoms with E-state index >= 15 is 0 Å². The number of H-pyrrole nitrogens is 1. The number of amides is 1. The van der Waals surface area contributed by atoms with Gasteiger partial charge in [0.2, 0.25) is 0 Å². The third-order valence-electron chi connectivity index (χ3n) is 3.88. The van der Waals surface area contributed by atoms with Crippen LogP contribution in [0.1, 0.15) is 21.6 Å². The number of ether oxygens (including phenoxy) is 2. The maximum Gasteiger partial charge on any atom is 0.270 e. The first-order valence-electron chi connectivity index (χ1n) is 6.99. The number of benzene rings is 1. The van der Waals surface area contributed by atoms with E-state index in [-0.39, 0.29) is 5.91 Å². The predicted octanol–water partition coefficient (Wildman–Crippen LogP) is 2.88. The second-order valence-corrected chi connectivity index (χ2v) is 5.62. The van der Waals surface area contributed by atoms with Crippen molar-refractivity contribution in [3.63, 3.8) is 0 Å². The number of nitrogens with zero attached hydrogens (tertiary/aromatic N) is 1. The number of methoxy groups -OCH3 is 2. The Labute approximate surface area is 133 Å². The summed E-state index contributed by atoms with van der Waals surface area (Å²) in [6.45, 7) is 1.21. The van der Waals surface area contributed by atoms with E-state index in [9.17, 15) is 4.79 Å². The molecule has 1 aliphatic rings. The van der Waals surface area contributed by atoms with Crippen LogP contribution in [0.3, 0.4) is 0 Å². The van der Waals surface area contributed by atoms with Crippen LogP contribution >= 0.6 is 11.6 Å². The van der Waals surface area contributed by atoms with Crippen LogP contribution < -0.4 is 9.47 Å². The number of carbonyl (C=O) groups excluding carboxylic acids is 1. The van der Waals surface area contributed by atoms with Crippen molar-refractivity contribution >= 4 is 17.5 Å². The van der Waals surface area contributed by atoms with Crippen molar-refractivity contribution in [3.8, 4) is 11.5 Å². The maximum absolute atomic E-state index is 12.5. The SMILES string of the molecule is COc1cc2c(cc1OC)CN(C(=O)c1cc(Cl)c[nH]1)CC2. The second-order valence-electron chi connectivity index (χ2n) is 5.18. The summed E-state index contributed by atoms with van der Waals surface area (Å²) < 4.78 is 10.7. The van der Waals surface area contributed by atoms with E-state index in [0.29, 0.717) is 29.6 Å². The van der Waals surface area contributed by atoms with Crippen LogP contribution in [0.15, 0.2) is 24.4 Å². The Morgan fingerprint density at radius 2 is 1.86 bits per heavy atom. The van der Waals surface area contributed by atoms with Gasteiger partial charge in [0, 0.05) is 19.3 Å². The minimum absolute atomic E-state index is 0.0488. The van der Waals surface area contributed by atoms with Gasteiger partial charge in [-0.25, -0.2) is 0 Å². The molecule has 1 amide bonds. The highest BCUT2D eigenvalue weighted by molar-refractivity contribution is 6.30. The van der Waals surface area contributed by atoms with Crippen LogP contribution in [0.4, 0.5) is 0 Å². The highest BCUT2D eigenvalue weighted by atomic mass is 35.5. The van der Waals surface area contributed by atoms with Gasteiger partial charge in [-0.2, -0.15) is 0 Å². The van der Waals surface area contributed by atoms with E-state index in [2.05, 4.69) is 4.98 Å². The highest BCUT2D eigenvalue weighted by Gasteiger charge is 2.24. The molecule has 22 heavy (non-hydrogen) atoms. The Kier molecular flexibility index (Phi) is 3.98. The zero-order chi connectivity index (χ0) is 15.7. The van der Waals surface area contributed by atoms with Crippen molar-refractivity contribution in [1.82, 2.24) is 9.88 Å². The van der Waals surface area contributed by atoms with Gasteiger partial charge in [0.15, 0.2) is 11.5 Å². The Morgan fingerprint density at radius 1 is 1.18 bits per heavy atom. The summed E-state index contributed by atoms with van der Waals surface area (Å²) in [5.41, 5.74) is 2.77. The van der Waals surface area contributed by atoms with Crippen molar-refractivity contribution in [2.45, 2.75) is 13.0 Å². The average Bonchev–Trinajstić information content (AvgIpc) is 2.98. The number of hydrogen-bond donors (Lipinski definition) is 1. The number of carbonyl (C=O) groups is 1. The van der Waals surface area contributed by atoms with Crippen molar-refractivity contribution in [2.24, 2.45) is 0 Å². The van der Waals surface area contributed by atoms with Crippen molar-refractivity contribution in [3.05, 3.63) is 46.2 Å². The van der Waals surface area contributed by atoms with E-state index in [1.165, 1.54) is 5.56 Å². The Morgan fingerprint density at radius 3 is 2.45 bits per heavy atom. The molecule has 0 radical (unpaired) electrons. The summed E-state index contributed by atoms with van der Waals surface area (Å²) in [4.78, 5) is 17.2. The van der Waals surface area contributed by atoms with E-state index in [1.54, 1.807) is 31.4 Å². The standard InChI is InChI=1S/C16H17ClN2O3/c1-21-14-5-10-3-4-19(9-11(10)6-15(14)22-2)16(20)13-7-12(17)8-18-13/h5-8,18H,3-4,9H2,1-2H3. The van der Waals surface area contributed by atoms with Crippen LogP contribution in [-0.2, 0) is 13.0 Å². The molecular formula is C16H17ClN2O3. The number of fused-ring (bicyclic) bond motifs is 1. The first-order valence-corrected chi connectivity index (χ1v) is 7.37. The largest absolute Gasteiger partial charge is 0.493 e. The molecule has 1 aliphatic heterocycles. The van der Waals surface area contributed by atoms with Crippen LogP contribution in [0.2, 0.25) is 5.02 Å². The fourth-order valence-corrected chi connectivity index (χ4v) is 2.88. The third-order valence-corrected chi connectivity index (χ3v) is 4.10. The molecule has 0 fully saturated rings. The zero-order valence-electron chi connectivity index (χ0n) is 12.5. The molecule has 1 aromatic carbocycles. The second kappa shape index (κ2) is 5.93. The molecule has 1 N–H and O–H groups in total. The molecule has 0 bridgehead atoms. The summed E-state index contributed by atoms with van der Waals surface area (Å²) in [6.07, 6.45) is 2.40. The Hall–Kier alpha value is -2.14. The number of aromatic amines is 1. The van der Waals surface area contributed by atoms with Crippen molar-refractivity contribution in [1.29, 1.82) is 0 Å². The van der Waals surface area contributed by atoms with Crippen molar-refractivity contribution < 1.29 is 14.3 Å². The molecule has 0 unspecified atom stereocenters. The first-order chi connectivity index (χ1) is 10.6. The topological polar surface area (TPSA) is 54.6 Å². The molecule has 116 valence electrons. The van der Waals surface area contributed by atoms with E-state index < -0.39 is 0 Å². The van der Waals surface area contributed by atoms with Gasteiger partial charge in [-0.1, -0.05) is 11.6 Å². The predicted molar refractivity (Wildman–Crippen MR) is 83.8 cm³/mol. The third kappa shape index (κ3) is 2.64. The van der Waals surface area contributed by atoms with Gasteiger partial charge in [0.05, 0.1) is 19.2 Å². The Balaban J connectivity index is 1.85. The van der Waals surface area contributed by atoms with Crippen LogP contribution in [0, 0.1) is 0 Å². The van der Waals surface area contributed by atoms with Crippen LogP contribution in [0.5, 0.6) is 11.5 Å². The summed E-state index contributed by atoms with van der Waals surface area (Å²) in [6, 6.07) is 5.57. The molecule has 0 saturated carbocycles. The molecular weight excluding hydrogens is 304 g/mol. The molecule has 0 saturated heterocycles. The number of nitrogens with one attached hydrogen (secondary N) is 1. The molecule has 3 rings (SSSR count). The van der Waals surface area contributed by atoms with Gasteiger partial charge in [-0.15, -0.1) is 0 Å². The molecule has 0 atom stereocenters. The summed E-state index contributed by atoms with van der Waals surface area (Å²) >= 11 is 5.87. The number of aromatic nitrogens is 1. The summed E-state index contributed by atoms with van der Waals surface area (Å²) in [5, 5.41) is 0.534. The van der Waals surface area contributed by atoms with E-state index in [4.69, 9.17) is 21.1 Å². The Bertz CT molecular complexity index is 711. The van der Waals surface area contributed by atoms with Gasteiger partial charge in [0.1, 0.15) is 5.69 Å². The first kappa shape index (κ1) is 14.8. The normalized spacial score (nSPS) is 13.7. The lowest BCUT2D eigenvalue weighted by molar-refractivity contribution is 0.0729. The quantitative estimate of drug-likeness (QED) is 0.946. The molecule has 0 spiro atoms. The molecule has 6 heteroatoms. The fraction of sp³-hybridized carbons (Fsp3) is 0.312. The zero-order valence-corrected chi connectivity index (χ0v) is 13.2. The lowest BCUT2D eigenvalue weighted by Crippen LogP contribution is -2.36. The van der Waals surface area contributed by atoms with Gasteiger partial charge in [0.25, 0.3) is 5.91 Å². The molecule has 2 aromatic rings.